The van der Waals surface area contributed by atoms with E-state index in [4.69, 9.17) is 0 Å². The molecule has 1 saturated heterocycles. The summed E-state index contributed by atoms with van der Waals surface area (Å²) in [4.78, 5) is 0. The van der Waals surface area contributed by atoms with Gasteiger partial charge in [0.1, 0.15) is 0 Å². The second-order valence-corrected chi connectivity index (χ2v) is 83.2. The van der Waals surface area contributed by atoms with Gasteiger partial charge < -0.3 is 0 Å². The summed E-state index contributed by atoms with van der Waals surface area (Å²) in [5.41, 5.74) is 0. The van der Waals surface area contributed by atoms with Crippen molar-refractivity contribution in [1.82, 2.24) is 0 Å². The van der Waals surface area contributed by atoms with Crippen molar-refractivity contribution in [3.05, 3.63) is 116 Å². The third-order valence-electron chi connectivity index (χ3n) is 6.26. The van der Waals surface area contributed by atoms with Gasteiger partial charge in [-0.3, -0.25) is 0 Å². The minimum atomic E-state index is -5.43. The molecule has 0 aliphatic carbocycles. The van der Waals surface area contributed by atoms with Gasteiger partial charge in [-0.2, -0.15) is 0 Å². The average Bonchev–Trinajstić information content (AvgIpc) is 3.06. The molecule has 1 heterocycles. The van der Waals surface area contributed by atoms with E-state index < -0.39 is 176 Å². The predicted molar refractivity (Wildman–Crippen MR) is 126 cm³/mol. The van der Waals surface area contributed by atoms with Crippen LogP contribution in [0.5, 0.6) is 0 Å². The minimum absolute atomic E-state index is 2.25. The van der Waals surface area contributed by atoms with Gasteiger partial charge in [0, 0.05) is 0 Å². The SMILES string of the molecule is Fc1c(F)c(F)c([As]2[As](c3c(F)c(F)c(F)c(F)c3F)[As](c3c(F)c(F)c(F)c(F)c3F)[As]2c2c(F)c(F)c(F)c(F)c2F)c(F)c1F. The molecule has 0 atom stereocenters. The first-order valence-corrected chi connectivity index (χ1v) is 36.0. The van der Waals surface area contributed by atoms with E-state index in [2.05, 4.69) is 0 Å². The molecule has 4 aromatic rings. The standard InChI is InChI=1S/C24As4F20/c29-5-1(6(30)14(38)21(45)13(5)37)25-26(2-7(31)15(39)22(46)16(40)8(2)32)28(4-11(35)19(43)24(48)20(44)12(4)36)27(25)3-9(33)17(41)23(47)18(42)10(3)34. The van der Waals surface area contributed by atoms with E-state index in [1.54, 1.807) is 0 Å². The molecule has 24 heteroatoms. The number of benzene rings is 4. The van der Waals surface area contributed by atoms with Crippen molar-refractivity contribution in [3.8, 4) is 0 Å². The number of hydrogen-bond donors (Lipinski definition) is 0. The Kier molecular flexibility index (Phi) is 9.86. The van der Waals surface area contributed by atoms with Crippen LogP contribution in [0.3, 0.4) is 0 Å². The first-order chi connectivity index (χ1) is 22.2. The number of halogens is 20. The summed E-state index contributed by atoms with van der Waals surface area (Å²) >= 11 is 0. The zero-order valence-electron chi connectivity index (χ0n) is 21.3. The van der Waals surface area contributed by atoms with Gasteiger partial charge >= 0.3 is 264 Å². The van der Waals surface area contributed by atoms with E-state index >= 15 is 35.1 Å². The first-order valence-electron chi connectivity index (χ1n) is 11.5. The van der Waals surface area contributed by atoms with E-state index in [-0.39, 0.29) is 0 Å². The van der Waals surface area contributed by atoms with Crippen LogP contribution in [0.15, 0.2) is 0 Å². The molecule has 0 unspecified atom stereocenters. The van der Waals surface area contributed by atoms with Gasteiger partial charge in [-0.25, -0.2) is 0 Å². The van der Waals surface area contributed by atoms with Crippen molar-refractivity contribution in [3.63, 3.8) is 0 Å². The summed E-state index contributed by atoms with van der Waals surface area (Å²) in [6.45, 7) is 0. The van der Waals surface area contributed by atoms with E-state index in [9.17, 15) is 52.7 Å². The van der Waals surface area contributed by atoms with Crippen molar-refractivity contribution in [1.29, 1.82) is 0 Å². The monoisotopic (exact) mass is 968 g/mol. The molecule has 0 amide bonds. The van der Waals surface area contributed by atoms with Crippen LogP contribution >= 0.6 is 0 Å². The number of rotatable bonds is 4. The van der Waals surface area contributed by atoms with E-state index in [0.29, 0.717) is 0 Å². The molecular formula is C24As4F20. The molecule has 0 nitrogen and oxygen atoms in total. The van der Waals surface area contributed by atoms with E-state index in [0.717, 1.165) is 0 Å². The zero-order chi connectivity index (χ0) is 36.2. The first kappa shape index (κ1) is 37.0. The molecule has 0 N–H and O–H groups in total. The molecule has 1 fully saturated rings. The summed E-state index contributed by atoms with van der Waals surface area (Å²) in [7, 11) is -21.7. The average molecular weight is 968 g/mol. The van der Waals surface area contributed by atoms with Crippen molar-refractivity contribution >= 4 is 59.5 Å². The maximum absolute atomic E-state index is 15.2. The summed E-state index contributed by atoms with van der Waals surface area (Å²) < 4.78 is 284. The molecule has 1 aliphatic heterocycles. The van der Waals surface area contributed by atoms with Crippen LogP contribution in [0.4, 0.5) is 87.8 Å². The topological polar surface area (TPSA) is 0 Å². The summed E-state index contributed by atoms with van der Waals surface area (Å²) in [6.07, 6.45) is 0. The van der Waals surface area contributed by atoms with Crippen LogP contribution in [0.2, 0.25) is 0 Å². The van der Waals surface area contributed by atoms with Gasteiger partial charge in [-0.15, -0.1) is 0 Å². The Labute approximate surface area is 262 Å². The van der Waals surface area contributed by atoms with Gasteiger partial charge in [0.15, 0.2) is 0 Å². The summed E-state index contributed by atoms with van der Waals surface area (Å²) in [5, 5.41) is 0. The third-order valence-corrected chi connectivity index (χ3v) is 202. The summed E-state index contributed by atoms with van der Waals surface area (Å²) in [6, 6.07) is 0. The van der Waals surface area contributed by atoms with Crippen molar-refractivity contribution < 1.29 is 87.8 Å². The van der Waals surface area contributed by atoms with Crippen LogP contribution in [-0.2, 0) is 0 Å². The van der Waals surface area contributed by atoms with Crippen LogP contribution in [0.1, 0.15) is 0 Å². The Morgan fingerprint density at radius 3 is 0.333 bits per heavy atom. The zero-order valence-corrected chi connectivity index (χ0v) is 28.9. The van der Waals surface area contributed by atoms with Gasteiger partial charge in [0.25, 0.3) is 0 Å². The number of hydrogen-bond acceptors (Lipinski definition) is 0. The molecule has 256 valence electrons. The Balaban J connectivity index is 2.06. The molecule has 4 aromatic carbocycles. The Morgan fingerprint density at radius 1 is 0.146 bits per heavy atom. The van der Waals surface area contributed by atoms with Gasteiger partial charge in [0.05, 0.1) is 0 Å². The molecule has 0 bridgehead atoms. The predicted octanol–water partition coefficient (Wildman–Crippen LogP) is 4.70. The second kappa shape index (κ2) is 12.8. The van der Waals surface area contributed by atoms with Crippen molar-refractivity contribution in [2.75, 3.05) is 0 Å². The van der Waals surface area contributed by atoms with E-state index in [1.165, 1.54) is 0 Å². The van der Waals surface area contributed by atoms with Crippen LogP contribution in [0, 0.1) is 116 Å². The van der Waals surface area contributed by atoms with Gasteiger partial charge in [-0.1, -0.05) is 0 Å². The fraction of sp³-hybridized carbons (Fsp3) is 0. The fourth-order valence-electron chi connectivity index (χ4n) is 4.12. The Bertz CT molecular complexity index is 1670. The summed E-state index contributed by atoms with van der Waals surface area (Å²) in [5.74, 6) is -58.9. The molecule has 1 aliphatic rings. The van der Waals surface area contributed by atoms with E-state index in [1.807, 2.05) is 0 Å². The van der Waals surface area contributed by atoms with Crippen molar-refractivity contribution in [2.24, 2.45) is 0 Å². The van der Waals surface area contributed by atoms with Crippen LogP contribution < -0.4 is 17.4 Å². The molecule has 0 saturated carbocycles. The van der Waals surface area contributed by atoms with Gasteiger partial charge in [0.2, 0.25) is 0 Å². The molecule has 0 aromatic heterocycles. The third kappa shape index (κ3) is 5.05. The normalized spacial score (nSPS) is 19.2. The Hall–Kier alpha value is -2.29. The molecule has 0 radical (unpaired) electrons. The van der Waals surface area contributed by atoms with Gasteiger partial charge in [-0.05, 0) is 0 Å². The molecular weight excluding hydrogens is 968 g/mol. The molecule has 48 heavy (non-hydrogen) atoms. The molecule has 5 rings (SSSR count). The quantitative estimate of drug-likeness (QED) is 0.121. The van der Waals surface area contributed by atoms with Crippen molar-refractivity contribution in [2.45, 2.75) is 0 Å². The van der Waals surface area contributed by atoms with Crippen LogP contribution in [-0.4, -0.2) is 42.1 Å². The van der Waals surface area contributed by atoms with Crippen LogP contribution in [0.25, 0.3) is 0 Å². The molecule has 0 spiro atoms. The second-order valence-electron chi connectivity index (χ2n) is 8.83. The fourth-order valence-corrected chi connectivity index (χ4v) is 242. The maximum atomic E-state index is 15.2. The Morgan fingerprint density at radius 2 is 0.229 bits per heavy atom.